The van der Waals surface area contributed by atoms with Crippen molar-refractivity contribution in [1.82, 2.24) is 5.32 Å². The molecule has 0 aromatic heterocycles. The molecule has 4 nitrogen and oxygen atoms in total. The zero-order valence-corrected chi connectivity index (χ0v) is 12.2. The van der Waals surface area contributed by atoms with Crippen LogP contribution in [0.15, 0.2) is 0 Å². The van der Waals surface area contributed by atoms with E-state index in [2.05, 4.69) is 12.2 Å². The Labute approximate surface area is 111 Å². The van der Waals surface area contributed by atoms with Gasteiger partial charge in [0.25, 0.3) is 0 Å². The largest absolute Gasteiger partial charge is 0.383 e. The fourth-order valence-corrected chi connectivity index (χ4v) is 2.65. The Morgan fingerprint density at radius 3 is 2.83 bits per heavy atom. The van der Waals surface area contributed by atoms with Gasteiger partial charge in [0.05, 0.1) is 12.7 Å². The molecule has 1 aliphatic heterocycles. The number of rotatable bonds is 10. The molecule has 1 aliphatic rings. The Balaban J connectivity index is 2.33. The van der Waals surface area contributed by atoms with Gasteiger partial charge in [0.2, 0.25) is 0 Å². The van der Waals surface area contributed by atoms with Gasteiger partial charge >= 0.3 is 0 Å². The number of hydrogen-bond donors (Lipinski definition) is 1. The van der Waals surface area contributed by atoms with Gasteiger partial charge in [0.15, 0.2) is 0 Å². The van der Waals surface area contributed by atoms with Crippen molar-refractivity contribution in [3.05, 3.63) is 0 Å². The summed E-state index contributed by atoms with van der Waals surface area (Å²) in [5.41, 5.74) is 0.283. The molecule has 2 atom stereocenters. The van der Waals surface area contributed by atoms with E-state index >= 15 is 0 Å². The molecule has 1 rings (SSSR count). The van der Waals surface area contributed by atoms with Gasteiger partial charge in [0, 0.05) is 45.4 Å². The molecule has 4 heteroatoms. The zero-order valence-electron chi connectivity index (χ0n) is 12.2. The van der Waals surface area contributed by atoms with Gasteiger partial charge < -0.3 is 19.5 Å². The summed E-state index contributed by atoms with van der Waals surface area (Å²) < 4.78 is 16.3. The van der Waals surface area contributed by atoms with Gasteiger partial charge in [-0.2, -0.15) is 0 Å². The maximum Gasteiger partial charge on any atom is 0.0616 e. The van der Waals surface area contributed by atoms with Crippen LogP contribution in [0.3, 0.4) is 0 Å². The van der Waals surface area contributed by atoms with Crippen LogP contribution >= 0.6 is 0 Å². The molecule has 1 N–H and O–H groups in total. The Bertz CT molecular complexity index is 199. The van der Waals surface area contributed by atoms with E-state index in [9.17, 15) is 0 Å². The summed E-state index contributed by atoms with van der Waals surface area (Å²) in [4.78, 5) is 0. The molecule has 2 unspecified atom stereocenters. The highest BCUT2D eigenvalue weighted by Crippen LogP contribution is 2.38. The molecule has 0 aromatic rings. The number of methoxy groups -OCH3 is 1. The van der Waals surface area contributed by atoms with E-state index in [1.165, 1.54) is 6.42 Å². The van der Waals surface area contributed by atoms with Crippen LogP contribution in [-0.4, -0.2) is 52.7 Å². The average Bonchev–Trinajstić information content (AvgIpc) is 2.73. The molecule has 0 spiro atoms. The summed E-state index contributed by atoms with van der Waals surface area (Å²) in [5.74, 6) is 0. The molecule has 1 heterocycles. The predicted molar refractivity (Wildman–Crippen MR) is 72.9 cm³/mol. The van der Waals surface area contributed by atoms with E-state index in [1.54, 1.807) is 7.11 Å². The van der Waals surface area contributed by atoms with Gasteiger partial charge in [-0.3, -0.25) is 0 Å². The van der Waals surface area contributed by atoms with Crippen LogP contribution < -0.4 is 5.32 Å². The van der Waals surface area contributed by atoms with Gasteiger partial charge in [-0.15, -0.1) is 0 Å². The van der Waals surface area contributed by atoms with Crippen LogP contribution in [0.25, 0.3) is 0 Å². The highest BCUT2D eigenvalue weighted by Gasteiger charge is 2.40. The second kappa shape index (κ2) is 8.86. The van der Waals surface area contributed by atoms with E-state index in [0.29, 0.717) is 6.10 Å². The molecule has 1 saturated heterocycles. The van der Waals surface area contributed by atoms with Crippen molar-refractivity contribution in [3.63, 3.8) is 0 Å². The van der Waals surface area contributed by atoms with Gasteiger partial charge in [-0.1, -0.05) is 0 Å². The summed E-state index contributed by atoms with van der Waals surface area (Å²) in [7, 11) is 1.74. The van der Waals surface area contributed by atoms with Crippen LogP contribution in [0, 0.1) is 5.41 Å². The second-order valence-corrected chi connectivity index (χ2v) is 5.10. The monoisotopic (exact) mass is 259 g/mol. The third-order valence-corrected chi connectivity index (χ3v) is 3.96. The molecule has 0 bridgehead atoms. The summed E-state index contributed by atoms with van der Waals surface area (Å²) in [6, 6.07) is 0. The van der Waals surface area contributed by atoms with Crippen molar-refractivity contribution in [2.75, 3.05) is 46.6 Å². The lowest BCUT2D eigenvalue weighted by molar-refractivity contribution is 0.0492. The number of hydrogen-bond acceptors (Lipinski definition) is 4. The van der Waals surface area contributed by atoms with Crippen LogP contribution in [0.4, 0.5) is 0 Å². The highest BCUT2D eigenvalue weighted by molar-refractivity contribution is 4.91. The summed E-state index contributed by atoms with van der Waals surface area (Å²) in [5, 5.41) is 3.49. The Morgan fingerprint density at radius 1 is 1.39 bits per heavy atom. The van der Waals surface area contributed by atoms with Crippen LogP contribution in [0.1, 0.15) is 33.1 Å². The number of ether oxygens (including phenoxy) is 3. The first-order valence-corrected chi connectivity index (χ1v) is 7.14. The van der Waals surface area contributed by atoms with Crippen molar-refractivity contribution < 1.29 is 14.2 Å². The molecule has 0 saturated carbocycles. The van der Waals surface area contributed by atoms with Gasteiger partial charge in [0.1, 0.15) is 0 Å². The van der Waals surface area contributed by atoms with E-state index in [-0.39, 0.29) is 5.41 Å². The Hall–Kier alpha value is -0.160. The minimum atomic E-state index is 0.283. The quantitative estimate of drug-likeness (QED) is 0.608. The van der Waals surface area contributed by atoms with E-state index in [0.717, 1.165) is 52.4 Å². The minimum absolute atomic E-state index is 0.283. The highest BCUT2D eigenvalue weighted by atomic mass is 16.5. The maximum absolute atomic E-state index is 5.77. The Morgan fingerprint density at radius 2 is 2.22 bits per heavy atom. The summed E-state index contributed by atoms with van der Waals surface area (Å²) in [6.07, 6.45) is 3.79. The van der Waals surface area contributed by atoms with E-state index < -0.39 is 0 Å². The Kier molecular flexibility index (Phi) is 7.82. The topological polar surface area (TPSA) is 39.7 Å². The molecular formula is C14H29NO3. The number of nitrogens with one attached hydrogen (secondary N) is 1. The molecule has 0 aliphatic carbocycles. The first-order valence-electron chi connectivity index (χ1n) is 7.14. The van der Waals surface area contributed by atoms with Crippen molar-refractivity contribution in [2.24, 2.45) is 5.41 Å². The molecule has 18 heavy (non-hydrogen) atoms. The van der Waals surface area contributed by atoms with E-state index in [1.807, 2.05) is 6.92 Å². The van der Waals surface area contributed by atoms with Crippen LogP contribution in [-0.2, 0) is 14.2 Å². The fraction of sp³-hybridized carbons (Fsp3) is 1.00. The SMILES string of the molecule is CCOCCCC1(CNCCOC)CCOC1C. The zero-order chi connectivity index (χ0) is 13.3. The van der Waals surface area contributed by atoms with Crippen LogP contribution in [0.5, 0.6) is 0 Å². The third kappa shape index (κ3) is 4.84. The molecule has 108 valence electrons. The standard InChI is InChI=1S/C14H29NO3/c1-4-17-9-5-6-14(7-10-18-13(14)2)12-15-8-11-16-3/h13,15H,4-12H2,1-3H3. The average molecular weight is 259 g/mol. The van der Waals surface area contributed by atoms with Crippen molar-refractivity contribution in [1.29, 1.82) is 0 Å². The summed E-state index contributed by atoms with van der Waals surface area (Å²) in [6.45, 7) is 9.51. The molecule has 0 aromatic carbocycles. The summed E-state index contributed by atoms with van der Waals surface area (Å²) >= 11 is 0. The lowest BCUT2D eigenvalue weighted by Crippen LogP contribution is -2.40. The molecular weight excluding hydrogens is 230 g/mol. The normalized spacial score (nSPS) is 27.8. The first kappa shape index (κ1) is 15.9. The minimum Gasteiger partial charge on any atom is -0.383 e. The first-order chi connectivity index (χ1) is 8.75. The second-order valence-electron chi connectivity index (χ2n) is 5.10. The van der Waals surface area contributed by atoms with E-state index in [4.69, 9.17) is 14.2 Å². The molecule has 1 fully saturated rings. The maximum atomic E-state index is 5.77. The van der Waals surface area contributed by atoms with Crippen molar-refractivity contribution in [3.8, 4) is 0 Å². The molecule has 0 radical (unpaired) electrons. The third-order valence-electron chi connectivity index (χ3n) is 3.96. The van der Waals surface area contributed by atoms with Crippen molar-refractivity contribution in [2.45, 2.75) is 39.2 Å². The lowest BCUT2D eigenvalue weighted by atomic mass is 9.77. The molecule has 0 amide bonds. The lowest BCUT2D eigenvalue weighted by Gasteiger charge is -2.32. The van der Waals surface area contributed by atoms with Crippen molar-refractivity contribution >= 4 is 0 Å². The smallest absolute Gasteiger partial charge is 0.0616 e. The van der Waals surface area contributed by atoms with Gasteiger partial charge in [-0.25, -0.2) is 0 Å². The fourth-order valence-electron chi connectivity index (χ4n) is 2.65. The predicted octanol–water partition coefficient (Wildman–Crippen LogP) is 1.83. The van der Waals surface area contributed by atoms with Gasteiger partial charge in [-0.05, 0) is 33.1 Å². The van der Waals surface area contributed by atoms with Crippen LogP contribution in [0.2, 0.25) is 0 Å².